The molecule has 0 fully saturated rings. The Hall–Kier alpha value is -0.170. The lowest BCUT2D eigenvalue weighted by Gasteiger charge is -1.93. The van der Waals surface area contributed by atoms with Crippen LogP contribution in [0.4, 0.5) is 0 Å². The van der Waals surface area contributed by atoms with E-state index in [0.29, 0.717) is 5.88 Å². The molecule has 0 saturated carbocycles. The van der Waals surface area contributed by atoms with E-state index >= 15 is 0 Å². The van der Waals surface area contributed by atoms with Gasteiger partial charge in [0.1, 0.15) is 0 Å². The minimum atomic E-state index is 0.284. The first-order valence-corrected chi connectivity index (χ1v) is 2.71. The molecule has 1 atom stereocenters. The monoisotopic (exact) mass is 120 g/mol. The largest absolute Gasteiger partial charge is 0.516 e. The molecule has 0 rings (SSSR count). The average molecular weight is 121 g/mol. The zero-order valence-electron chi connectivity index (χ0n) is 4.26. The second kappa shape index (κ2) is 4.00. The van der Waals surface area contributed by atoms with E-state index in [1.165, 1.54) is 0 Å². The number of halogens is 1. The Morgan fingerprint density at radius 2 is 2.43 bits per heavy atom. The fraction of sp³-hybridized carbons (Fsp3) is 0.600. The van der Waals surface area contributed by atoms with Crippen LogP contribution in [0.1, 0.15) is 6.92 Å². The SMILES string of the molecule is CC(/C=C/O)CCl. The zero-order valence-corrected chi connectivity index (χ0v) is 5.02. The van der Waals surface area contributed by atoms with Gasteiger partial charge < -0.3 is 5.11 Å². The van der Waals surface area contributed by atoms with Crippen LogP contribution < -0.4 is 0 Å². The molecule has 1 nitrogen and oxygen atoms in total. The highest BCUT2D eigenvalue weighted by Crippen LogP contribution is 1.97. The normalized spacial score (nSPS) is 15.1. The Balaban J connectivity index is 3.16. The molecule has 0 amide bonds. The highest BCUT2D eigenvalue weighted by molar-refractivity contribution is 6.18. The molecule has 0 heterocycles. The molecule has 7 heavy (non-hydrogen) atoms. The van der Waals surface area contributed by atoms with Crippen LogP contribution in [0.2, 0.25) is 0 Å². The second-order valence-electron chi connectivity index (χ2n) is 1.47. The third-order valence-corrected chi connectivity index (χ3v) is 1.14. The summed E-state index contributed by atoms with van der Waals surface area (Å²) in [5, 5.41) is 8.13. The van der Waals surface area contributed by atoms with Crippen molar-refractivity contribution in [2.75, 3.05) is 5.88 Å². The topological polar surface area (TPSA) is 20.2 Å². The maximum atomic E-state index is 8.13. The molecule has 0 aromatic carbocycles. The van der Waals surface area contributed by atoms with Gasteiger partial charge in [0.25, 0.3) is 0 Å². The molecule has 42 valence electrons. The van der Waals surface area contributed by atoms with E-state index in [2.05, 4.69) is 0 Å². The van der Waals surface area contributed by atoms with Crippen molar-refractivity contribution in [3.05, 3.63) is 12.3 Å². The van der Waals surface area contributed by atoms with Crippen molar-refractivity contribution in [3.63, 3.8) is 0 Å². The van der Waals surface area contributed by atoms with Crippen molar-refractivity contribution in [2.45, 2.75) is 6.92 Å². The number of rotatable bonds is 2. The Bertz CT molecular complexity index is 61.1. The summed E-state index contributed by atoms with van der Waals surface area (Å²) in [5.41, 5.74) is 0. The van der Waals surface area contributed by atoms with Crippen molar-refractivity contribution in [2.24, 2.45) is 5.92 Å². The molecule has 0 saturated heterocycles. The molecule has 0 aromatic heterocycles. The molecule has 0 aliphatic carbocycles. The average Bonchev–Trinajstić information content (AvgIpc) is 1.68. The van der Waals surface area contributed by atoms with Crippen molar-refractivity contribution >= 4 is 11.6 Å². The lowest BCUT2D eigenvalue weighted by atomic mass is 10.2. The first-order valence-electron chi connectivity index (χ1n) is 2.18. The molecule has 1 unspecified atom stereocenters. The molecular weight excluding hydrogens is 112 g/mol. The van der Waals surface area contributed by atoms with Gasteiger partial charge in [0, 0.05) is 5.88 Å². The van der Waals surface area contributed by atoms with Gasteiger partial charge in [0.05, 0.1) is 6.26 Å². The third-order valence-electron chi connectivity index (χ3n) is 0.658. The maximum Gasteiger partial charge on any atom is 0.0754 e. The van der Waals surface area contributed by atoms with Crippen LogP contribution in [0, 0.1) is 5.92 Å². The summed E-state index contributed by atoms with van der Waals surface area (Å²) in [6, 6.07) is 0. The third kappa shape index (κ3) is 3.67. The van der Waals surface area contributed by atoms with Crippen LogP contribution in [-0.4, -0.2) is 11.0 Å². The van der Waals surface area contributed by atoms with Crippen LogP contribution in [0.25, 0.3) is 0 Å². The smallest absolute Gasteiger partial charge is 0.0754 e. The molecule has 0 aliphatic rings. The number of hydrogen-bond acceptors (Lipinski definition) is 1. The fourth-order valence-electron chi connectivity index (χ4n) is 0.198. The van der Waals surface area contributed by atoms with Gasteiger partial charge in [0.2, 0.25) is 0 Å². The van der Waals surface area contributed by atoms with E-state index in [0.717, 1.165) is 6.26 Å². The minimum Gasteiger partial charge on any atom is -0.516 e. The summed E-state index contributed by atoms with van der Waals surface area (Å²) in [5.74, 6) is 0.850. The Kier molecular flexibility index (Phi) is 3.90. The van der Waals surface area contributed by atoms with Gasteiger partial charge in [-0.2, -0.15) is 0 Å². The number of aliphatic hydroxyl groups excluding tert-OH is 1. The molecule has 0 aliphatic heterocycles. The summed E-state index contributed by atoms with van der Waals surface area (Å²) >= 11 is 5.37. The van der Waals surface area contributed by atoms with E-state index in [4.69, 9.17) is 16.7 Å². The standard InChI is InChI=1S/C5H9ClO/c1-5(4-6)2-3-7/h2-3,5,7H,4H2,1H3/b3-2+. The lowest BCUT2D eigenvalue weighted by Crippen LogP contribution is -1.87. The first kappa shape index (κ1) is 6.83. The van der Waals surface area contributed by atoms with E-state index in [9.17, 15) is 0 Å². The van der Waals surface area contributed by atoms with Crippen LogP contribution in [0.15, 0.2) is 12.3 Å². The Morgan fingerprint density at radius 1 is 1.86 bits per heavy atom. The molecule has 0 aromatic rings. The first-order chi connectivity index (χ1) is 3.31. The summed E-state index contributed by atoms with van der Waals surface area (Å²) in [4.78, 5) is 0. The Morgan fingerprint density at radius 3 is 2.57 bits per heavy atom. The number of aliphatic hydroxyl groups is 1. The highest BCUT2D eigenvalue weighted by Gasteiger charge is 1.88. The predicted octanol–water partition coefficient (Wildman–Crippen LogP) is 1.93. The number of allylic oxidation sites excluding steroid dienone is 1. The van der Waals surface area contributed by atoms with Gasteiger partial charge in [-0.1, -0.05) is 6.92 Å². The van der Waals surface area contributed by atoms with Crippen molar-refractivity contribution < 1.29 is 5.11 Å². The fourth-order valence-corrected chi connectivity index (χ4v) is 0.301. The van der Waals surface area contributed by atoms with Gasteiger partial charge in [-0.05, 0) is 12.0 Å². The van der Waals surface area contributed by atoms with Crippen molar-refractivity contribution in [1.82, 2.24) is 0 Å². The van der Waals surface area contributed by atoms with Crippen LogP contribution in [0.5, 0.6) is 0 Å². The molecule has 2 heteroatoms. The summed E-state index contributed by atoms with van der Waals surface area (Å²) < 4.78 is 0. The van der Waals surface area contributed by atoms with Gasteiger partial charge >= 0.3 is 0 Å². The van der Waals surface area contributed by atoms with Crippen LogP contribution in [0.3, 0.4) is 0 Å². The maximum absolute atomic E-state index is 8.13. The van der Waals surface area contributed by atoms with Gasteiger partial charge in [-0.3, -0.25) is 0 Å². The van der Waals surface area contributed by atoms with Crippen LogP contribution in [-0.2, 0) is 0 Å². The molecule has 0 bridgehead atoms. The van der Waals surface area contributed by atoms with Crippen molar-refractivity contribution in [3.8, 4) is 0 Å². The van der Waals surface area contributed by atoms with E-state index in [-0.39, 0.29) is 5.92 Å². The number of alkyl halides is 1. The van der Waals surface area contributed by atoms with E-state index < -0.39 is 0 Å². The molecular formula is C5H9ClO. The summed E-state index contributed by atoms with van der Waals surface area (Å²) in [6.45, 7) is 1.93. The van der Waals surface area contributed by atoms with Crippen LogP contribution >= 0.6 is 11.6 Å². The van der Waals surface area contributed by atoms with Gasteiger partial charge in [0.15, 0.2) is 0 Å². The quantitative estimate of drug-likeness (QED) is 0.436. The van der Waals surface area contributed by atoms with E-state index in [1.807, 2.05) is 6.92 Å². The molecule has 0 spiro atoms. The Labute approximate surface area is 48.6 Å². The highest BCUT2D eigenvalue weighted by atomic mass is 35.5. The van der Waals surface area contributed by atoms with Gasteiger partial charge in [-0.15, -0.1) is 11.6 Å². The second-order valence-corrected chi connectivity index (χ2v) is 1.78. The molecule has 0 radical (unpaired) electrons. The van der Waals surface area contributed by atoms with Gasteiger partial charge in [-0.25, -0.2) is 0 Å². The summed E-state index contributed by atoms with van der Waals surface area (Å²) in [6.07, 6.45) is 2.67. The minimum absolute atomic E-state index is 0.284. The molecule has 1 N–H and O–H groups in total. The predicted molar refractivity (Wildman–Crippen MR) is 31.7 cm³/mol. The van der Waals surface area contributed by atoms with Crippen molar-refractivity contribution in [1.29, 1.82) is 0 Å². The van der Waals surface area contributed by atoms with E-state index in [1.54, 1.807) is 6.08 Å². The lowest BCUT2D eigenvalue weighted by molar-refractivity contribution is 0.467. The number of hydrogen-bond donors (Lipinski definition) is 1. The zero-order chi connectivity index (χ0) is 5.70. The summed E-state index contributed by atoms with van der Waals surface area (Å²) in [7, 11) is 0.